The van der Waals surface area contributed by atoms with E-state index in [9.17, 15) is 4.79 Å². The van der Waals surface area contributed by atoms with Crippen molar-refractivity contribution in [3.05, 3.63) is 34.6 Å². The van der Waals surface area contributed by atoms with E-state index in [1.165, 1.54) is 0 Å². The van der Waals surface area contributed by atoms with E-state index in [4.69, 9.17) is 16.3 Å². The zero-order valence-corrected chi connectivity index (χ0v) is 10.1. The second-order valence-corrected chi connectivity index (χ2v) is 3.66. The molecule has 16 heavy (non-hydrogen) atoms. The molecule has 1 aromatic heterocycles. The average Bonchev–Trinajstić information content (AvgIpc) is 2.22. The van der Waals surface area contributed by atoms with E-state index in [-0.39, 0.29) is 12.4 Å². The van der Waals surface area contributed by atoms with Gasteiger partial charge in [-0.25, -0.2) is 4.98 Å². The van der Waals surface area contributed by atoms with Gasteiger partial charge in [0, 0.05) is 6.20 Å². The minimum Gasteiger partial charge on any atom is -0.466 e. The number of pyridine rings is 1. The molecule has 86 valence electrons. The number of aromatic nitrogens is 1. The quantitative estimate of drug-likeness (QED) is 0.599. The molecule has 0 saturated heterocycles. The lowest BCUT2D eigenvalue weighted by atomic mass is 10.1. The van der Waals surface area contributed by atoms with Crippen LogP contribution < -0.4 is 0 Å². The minimum atomic E-state index is -0.224. The maximum Gasteiger partial charge on any atom is 0.309 e. The number of ether oxygens (including phenoxy) is 1. The van der Waals surface area contributed by atoms with Gasteiger partial charge in [0.1, 0.15) is 5.15 Å². The number of halogens is 1. The van der Waals surface area contributed by atoms with Crippen LogP contribution in [0.2, 0.25) is 5.15 Å². The van der Waals surface area contributed by atoms with Gasteiger partial charge in [0.15, 0.2) is 0 Å². The Kier molecular flexibility index (Phi) is 4.99. The molecule has 0 spiro atoms. The van der Waals surface area contributed by atoms with Crippen LogP contribution in [0.1, 0.15) is 24.5 Å². The monoisotopic (exact) mass is 239 g/mol. The summed E-state index contributed by atoms with van der Waals surface area (Å²) in [5.41, 5.74) is 1.98. The normalized spacial score (nSPS) is 10.7. The Bertz CT molecular complexity index is 402. The van der Waals surface area contributed by atoms with E-state index in [1.54, 1.807) is 25.3 Å². The number of aryl methyl sites for hydroxylation is 1. The number of esters is 1. The molecular weight excluding hydrogens is 226 g/mol. The summed E-state index contributed by atoms with van der Waals surface area (Å²) in [6, 6.07) is 1.78. The van der Waals surface area contributed by atoms with E-state index < -0.39 is 0 Å². The van der Waals surface area contributed by atoms with Crippen molar-refractivity contribution >= 4 is 23.6 Å². The van der Waals surface area contributed by atoms with E-state index in [0.717, 1.165) is 11.1 Å². The van der Waals surface area contributed by atoms with Gasteiger partial charge < -0.3 is 4.74 Å². The van der Waals surface area contributed by atoms with Crippen molar-refractivity contribution in [3.8, 4) is 0 Å². The Hall–Kier alpha value is -1.35. The van der Waals surface area contributed by atoms with Crippen LogP contribution in [0.25, 0.3) is 6.08 Å². The fourth-order valence-electron chi connectivity index (χ4n) is 1.21. The van der Waals surface area contributed by atoms with Gasteiger partial charge in [0.05, 0.1) is 13.0 Å². The molecule has 0 radical (unpaired) electrons. The predicted octanol–water partition coefficient (Wildman–Crippen LogP) is 3.01. The Morgan fingerprint density at radius 2 is 2.38 bits per heavy atom. The summed E-state index contributed by atoms with van der Waals surface area (Å²) in [7, 11) is 0. The third-order valence-corrected chi connectivity index (χ3v) is 2.21. The lowest BCUT2D eigenvalue weighted by molar-refractivity contribution is -0.142. The summed E-state index contributed by atoms with van der Waals surface area (Å²) in [6.45, 7) is 4.14. The third kappa shape index (κ3) is 4.03. The van der Waals surface area contributed by atoms with E-state index >= 15 is 0 Å². The molecule has 0 aliphatic rings. The van der Waals surface area contributed by atoms with Crippen molar-refractivity contribution in [3.63, 3.8) is 0 Å². The summed E-state index contributed by atoms with van der Waals surface area (Å²) in [5.74, 6) is -0.224. The second kappa shape index (κ2) is 6.28. The first-order valence-electron chi connectivity index (χ1n) is 5.07. The van der Waals surface area contributed by atoms with Gasteiger partial charge in [-0.3, -0.25) is 4.79 Å². The highest BCUT2D eigenvalue weighted by Crippen LogP contribution is 2.13. The molecular formula is C12H14ClNO2. The molecule has 0 unspecified atom stereocenters. The largest absolute Gasteiger partial charge is 0.466 e. The van der Waals surface area contributed by atoms with Crippen LogP contribution in [0, 0.1) is 6.92 Å². The highest BCUT2D eigenvalue weighted by Gasteiger charge is 1.99. The van der Waals surface area contributed by atoms with Crippen LogP contribution in [0.5, 0.6) is 0 Å². The number of nitrogens with zero attached hydrogens (tertiary/aromatic N) is 1. The minimum absolute atomic E-state index is 0.224. The molecule has 0 aliphatic carbocycles. The lowest BCUT2D eigenvalue weighted by Gasteiger charge is -2.00. The van der Waals surface area contributed by atoms with Crippen molar-refractivity contribution in [2.24, 2.45) is 0 Å². The van der Waals surface area contributed by atoms with E-state index in [2.05, 4.69) is 4.98 Å². The highest BCUT2D eigenvalue weighted by molar-refractivity contribution is 6.29. The number of rotatable bonds is 4. The van der Waals surface area contributed by atoms with Crippen molar-refractivity contribution in [1.82, 2.24) is 4.98 Å². The topological polar surface area (TPSA) is 39.2 Å². The molecule has 0 atom stereocenters. The Morgan fingerprint density at radius 3 is 3.00 bits per heavy atom. The lowest BCUT2D eigenvalue weighted by Crippen LogP contribution is -2.01. The first-order valence-corrected chi connectivity index (χ1v) is 5.45. The summed E-state index contributed by atoms with van der Waals surface area (Å²) in [6.07, 6.45) is 5.56. The predicted molar refractivity (Wildman–Crippen MR) is 64.3 cm³/mol. The van der Waals surface area contributed by atoms with Gasteiger partial charge in [-0.05, 0) is 31.0 Å². The molecule has 4 heteroatoms. The molecule has 1 heterocycles. The smallest absolute Gasteiger partial charge is 0.309 e. The maximum absolute atomic E-state index is 11.1. The molecule has 0 aromatic carbocycles. The zero-order valence-electron chi connectivity index (χ0n) is 9.37. The van der Waals surface area contributed by atoms with Crippen LogP contribution in [-0.2, 0) is 9.53 Å². The molecule has 1 rings (SSSR count). The van der Waals surface area contributed by atoms with Gasteiger partial charge in [-0.15, -0.1) is 0 Å². The Morgan fingerprint density at radius 1 is 1.62 bits per heavy atom. The van der Waals surface area contributed by atoms with E-state index in [0.29, 0.717) is 11.8 Å². The average molecular weight is 240 g/mol. The molecule has 0 fully saturated rings. The van der Waals surface area contributed by atoms with Crippen LogP contribution in [-0.4, -0.2) is 17.6 Å². The highest BCUT2D eigenvalue weighted by atomic mass is 35.5. The number of hydrogen-bond donors (Lipinski definition) is 0. The number of hydrogen-bond acceptors (Lipinski definition) is 3. The Balaban J connectivity index is 2.59. The first kappa shape index (κ1) is 12.7. The van der Waals surface area contributed by atoms with Crippen molar-refractivity contribution < 1.29 is 9.53 Å². The van der Waals surface area contributed by atoms with E-state index in [1.807, 2.05) is 13.0 Å². The fourth-order valence-corrected chi connectivity index (χ4v) is 1.42. The molecule has 0 amide bonds. The van der Waals surface area contributed by atoms with Crippen LogP contribution in [0.4, 0.5) is 0 Å². The number of carbonyl (C=O) groups is 1. The summed E-state index contributed by atoms with van der Waals surface area (Å²) in [4.78, 5) is 15.0. The zero-order chi connectivity index (χ0) is 12.0. The van der Waals surface area contributed by atoms with Gasteiger partial charge in [0.25, 0.3) is 0 Å². The van der Waals surface area contributed by atoms with Gasteiger partial charge >= 0.3 is 5.97 Å². The van der Waals surface area contributed by atoms with Crippen molar-refractivity contribution in [1.29, 1.82) is 0 Å². The summed E-state index contributed by atoms with van der Waals surface area (Å²) in [5, 5.41) is 0.472. The molecule has 0 bridgehead atoms. The van der Waals surface area contributed by atoms with Gasteiger partial charge in [0.2, 0.25) is 0 Å². The standard InChI is InChI=1S/C12H14ClNO2/c1-3-16-12(15)6-4-5-10-8-14-11(13)7-9(10)2/h4-5,7-8H,3,6H2,1-2H3. The second-order valence-electron chi connectivity index (χ2n) is 3.28. The molecule has 0 saturated carbocycles. The van der Waals surface area contributed by atoms with Crippen LogP contribution >= 0.6 is 11.6 Å². The van der Waals surface area contributed by atoms with Crippen LogP contribution in [0.3, 0.4) is 0 Å². The molecule has 3 nitrogen and oxygen atoms in total. The Labute approximate surface area is 100 Å². The van der Waals surface area contributed by atoms with Gasteiger partial charge in [-0.2, -0.15) is 0 Å². The summed E-state index contributed by atoms with van der Waals surface area (Å²) >= 11 is 5.73. The van der Waals surface area contributed by atoms with Crippen molar-refractivity contribution in [2.45, 2.75) is 20.3 Å². The third-order valence-electron chi connectivity index (χ3n) is 2.01. The molecule has 0 aliphatic heterocycles. The fraction of sp³-hybridized carbons (Fsp3) is 0.333. The molecule has 1 aromatic rings. The van der Waals surface area contributed by atoms with Crippen LogP contribution in [0.15, 0.2) is 18.3 Å². The van der Waals surface area contributed by atoms with Gasteiger partial charge in [-0.1, -0.05) is 23.8 Å². The first-order chi connectivity index (χ1) is 7.63. The summed E-state index contributed by atoms with van der Waals surface area (Å²) < 4.78 is 4.80. The SMILES string of the molecule is CCOC(=O)CC=Cc1cnc(Cl)cc1C. The maximum atomic E-state index is 11.1. The van der Waals surface area contributed by atoms with Crippen molar-refractivity contribution in [2.75, 3.05) is 6.61 Å². The number of carbonyl (C=O) groups excluding carboxylic acids is 1. The molecule has 0 N–H and O–H groups in total.